The van der Waals surface area contributed by atoms with Crippen molar-refractivity contribution >= 4 is 32.9 Å². The first-order valence-electron chi connectivity index (χ1n) is 9.77. The molecule has 0 radical (unpaired) electrons. The molecule has 1 N–H and O–H groups in total. The molecule has 0 saturated carbocycles. The van der Waals surface area contributed by atoms with Gasteiger partial charge in [-0.05, 0) is 59.3 Å². The number of hydrogen-bond donors (Lipinski definition) is 1. The predicted molar refractivity (Wildman–Crippen MR) is 119 cm³/mol. The van der Waals surface area contributed by atoms with Gasteiger partial charge in [0, 0.05) is 13.0 Å². The second-order valence-electron chi connectivity index (χ2n) is 6.94. The van der Waals surface area contributed by atoms with Gasteiger partial charge in [0.15, 0.2) is 10.4 Å². The third kappa shape index (κ3) is 4.74. The summed E-state index contributed by atoms with van der Waals surface area (Å²) in [5.41, 5.74) is 3.19. The zero-order valence-corrected chi connectivity index (χ0v) is 18.2. The molecule has 2 aromatic heterocycles. The van der Waals surface area contributed by atoms with Crippen molar-refractivity contribution in [1.82, 2.24) is 14.9 Å². The molecule has 0 aliphatic rings. The van der Waals surface area contributed by atoms with E-state index in [0.717, 1.165) is 22.6 Å². The molecule has 0 bridgehead atoms. The van der Waals surface area contributed by atoms with Crippen LogP contribution in [0.1, 0.15) is 21.9 Å². The van der Waals surface area contributed by atoms with E-state index in [0.29, 0.717) is 30.8 Å². The molecule has 0 saturated heterocycles. The summed E-state index contributed by atoms with van der Waals surface area (Å²) >= 11 is 3.21. The highest BCUT2D eigenvalue weighted by Crippen LogP contribution is 2.18. The van der Waals surface area contributed by atoms with E-state index in [2.05, 4.69) is 38.8 Å². The molecule has 7 heteroatoms. The Kier molecular flexibility index (Phi) is 6.18. The number of aryl methyl sites for hydroxylation is 1. The molecule has 4 aromatic rings. The summed E-state index contributed by atoms with van der Waals surface area (Å²) in [6.45, 7) is 3.71. The first kappa shape index (κ1) is 20.2. The minimum atomic E-state index is -0.244. The minimum Gasteiger partial charge on any atom is -0.492 e. The highest BCUT2D eigenvalue weighted by molar-refractivity contribution is 9.10. The lowest BCUT2D eigenvalue weighted by atomic mass is 10.2. The summed E-state index contributed by atoms with van der Waals surface area (Å²) in [6.07, 6.45) is 0.604. The molecular formula is C23H22BrN3O3. The van der Waals surface area contributed by atoms with Crippen molar-refractivity contribution in [3.05, 3.63) is 82.5 Å². The van der Waals surface area contributed by atoms with E-state index in [-0.39, 0.29) is 11.7 Å². The number of imidazole rings is 1. The Morgan fingerprint density at radius 2 is 1.93 bits per heavy atom. The molecular weight excluding hydrogens is 446 g/mol. The Hall–Kier alpha value is -3.06. The van der Waals surface area contributed by atoms with Crippen LogP contribution >= 0.6 is 15.9 Å². The average Bonchev–Trinajstić information content (AvgIpc) is 3.33. The van der Waals surface area contributed by atoms with Crippen LogP contribution in [0.2, 0.25) is 0 Å². The normalized spacial score (nSPS) is 11.0. The van der Waals surface area contributed by atoms with Crippen LogP contribution in [0.25, 0.3) is 11.0 Å². The lowest BCUT2D eigenvalue weighted by molar-refractivity contribution is 0.0925. The molecule has 154 valence electrons. The third-order valence-electron chi connectivity index (χ3n) is 4.77. The highest BCUT2D eigenvalue weighted by atomic mass is 79.9. The molecule has 2 aromatic carbocycles. The van der Waals surface area contributed by atoms with Crippen molar-refractivity contribution < 1.29 is 13.9 Å². The van der Waals surface area contributed by atoms with Crippen LogP contribution in [0.4, 0.5) is 0 Å². The molecule has 0 atom stereocenters. The lowest BCUT2D eigenvalue weighted by Crippen LogP contribution is -2.26. The minimum absolute atomic E-state index is 0.244. The first-order valence-corrected chi connectivity index (χ1v) is 10.6. The number of rotatable bonds is 8. The summed E-state index contributed by atoms with van der Waals surface area (Å²) in [5, 5.41) is 2.88. The number of ether oxygens (including phenoxy) is 1. The van der Waals surface area contributed by atoms with Crippen molar-refractivity contribution in [3.63, 3.8) is 0 Å². The molecule has 30 heavy (non-hydrogen) atoms. The largest absolute Gasteiger partial charge is 0.492 e. The van der Waals surface area contributed by atoms with Crippen molar-refractivity contribution in [1.29, 1.82) is 0 Å². The first-order chi connectivity index (χ1) is 14.6. The van der Waals surface area contributed by atoms with Crippen molar-refractivity contribution in [2.24, 2.45) is 0 Å². The summed E-state index contributed by atoms with van der Waals surface area (Å²) in [7, 11) is 0. The highest BCUT2D eigenvalue weighted by Gasteiger charge is 2.13. The van der Waals surface area contributed by atoms with Gasteiger partial charge in [-0.25, -0.2) is 4.98 Å². The van der Waals surface area contributed by atoms with Crippen LogP contribution in [-0.2, 0) is 13.0 Å². The second-order valence-corrected chi connectivity index (χ2v) is 7.72. The number of aromatic nitrogens is 2. The number of halogens is 1. The van der Waals surface area contributed by atoms with Gasteiger partial charge in [0.25, 0.3) is 5.91 Å². The fourth-order valence-electron chi connectivity index (χ4n) is 3.27. The third-order valence-corrected chi connectivity index (χ3v) is 5.20. The fraction of sp³-hybridized carbons (Fsp3) is 0.217. The van der Waals surface area contributed by atoms with Crippen LogP contribution in [-0.4, -0.2) is 28.6 Å². The van der Waals surface area contributed by atoms with E-state index in [1.807, 2.05) is 42.5 Å². The van der Waals surface area contributed by atoms with Crippen LogP contribution in [0.3, 0.4) is 0 Å². The molecule has 0 unspecified atom stereocenters. The monoisotopic (exact) mass is 467 g/mol. The topological polar surface area (TPSA) is 69.3 Å². The molecule has 0 fully saturated rings. The van der Waals surface area contributed by atoms with Crippen LogP contribution in [0.5, 0.6) is 5.75 Å². The van der Waals surface area contributed by atoms with Gasteiger partial charge in [-0.15, -0.1) is 0 Å². The van der Waals surface area contributed by atoms with E-state index < -0.39 is 0 Å². The van der Waals surface area contributed by atoms with E-state index in [1.165, 1.54) is 5.56 Å². The number of amides is 1. The SMILES string of the molecule is Cc1ccc(OCCn2c(CCNC(=O)c3ccc(Br)o3)nc3ccccc32)cc1. The van der Waals surface area contributed by atoms with E-state index >= 15 is 0 Å². The van der Waals surface area contributed by atoms with Crippen molar-refractivity contribution in [2.75, 3.05) is 13.2 Å². The van der Waals surface area contributed by atoms with E-state index in [1.54, 1.807) is 12.1 Å². The molecule has 0 aliphatic carbocycles. The Morgan fingerprint density at radius 1 is 1.13 bits per heavy atom. The van der Waals surface area contributed by atoms with Gasteiger partial charge in [0.05, 0.1) is 17.6 Å². The number of para-hydroxylation sites is 2. The van der Waals surface area contributed by atoms with Gasteiger partial charge in [-0.3, -0.25) is 4.79 Å². The quantitative estimate of drug-likeness (QED) is 0.405. The molecule has 1 amide bonds. The molecule has 0 aliphatic heterocycles. The Bertz CT molecular complexity index is 1150. The number of nitrogens with zero attached hydrogens (tertiary/aromatic N) is 2. The van der Waals surface area contributed by atoms with E-state index in [4.69, 9.17) is 14.1 Å². The van der Waals surface area contributed by atoms with Gasteiger partial charge in [-0.2, -0.15) is 0 Å². The zero-order valence-electron chi connectivity index (χ0n) is 16.6. The van der Waals surface area contributed by atoms with Crippen LogP contribution in [0.15, 0.2) is 69.8 Å². The molecule has 2 heterocycles. The maximum Gasteiger partial charge on any atom is 0.287 e. The number of nitrogens with one attached hydrogen (secondary N) is 1. The number of carbonyl (C=O) groups is 1. The van der Waals surface area contributed by atoms with Crippen molar-refractivity contribution in [2.45, 2.75) is 19.9 Å². The smallest absolute Gasteiger partial charge is 0.287 e. The fourth-order valence-corrected chi connectivity index (χ4v) is 3.57. The maximum atomic E-state index is 12.2. The summed E-state index contributed by atoms with van der Waals surface area (Å²) in [5.74, 6) is 1.79. The average molecular weight is 468 g/mol. The predicted octanol–water partition coefficient (Wildman–Crippen LogP) is 4.75. The number of furan rings is 1. The van der Waals surface area contributed by atoms with Crippen LogP contribution < -0.4 is 10.1 Å². The number of benzene rings is 2. The Balaban J connectivity index is 1.41. The molecule has 6 nitrogen and oxygen atoms in total. The maximum absolute atomic E-state index is 12.2. The summed E-state index contributed by atoms with van der Waals surface area (Å²) in [4.78, 5) is 16.9. The number of carbonyl (C=O) groups excluding carboxylic acids is 1. The Labute approximate surface area is 183 Å². The summed E-state index contributed by atoms with van der Waals surface area (Å²) in [6, 6.07) is 19.4. The van der Waals surface area contributed by atoms with Crippen molar-refractivity contribution in [3.8, 4) is 5.75 Å². The second kappa shape index (κ2) is 9.17. The van der Waals surface area contributed by atoms with Crippen LogP contribution in [0, 0.1) is 6.92 Å². The zero-order chi connectivity index (χ0) is 20.9. The van der Waals surface area contributed by atoms with Gasteiger partial charge >= 0.3 is 0 Å². The molecule has 0 spiro atoms. The van der Waals surface area contributed by atoms with Gasteiger partial charge in [0.2, 0.25) is 0 Å². The Morgan fingerprint density at radius 3 is 2.70 bits per heavy atom. The van der Waals surface area contributed by atoms with Gasteiger partial charge in [0.1, 0.15) is 18.2 Å². The lowest BCUT2D eigenvalue weighted by Gasteiger charge is -2.11. The standard InChI is InChI=1S/C23H22BrN3O3/c1-16-6-8-17(9-7-16)29-15-14-27-19-5-3-2-4-18(19)26-22(27)12-13-25-23(28)20-10-11-21(24)30-20/h2-11H,12-15H2,1H3,(H,25,28). The number of hydrogen-bond acceptors (Lipinski definition) is 4. The van der Waals surface area contributed by atoms with Gasteiger partial charge in [-0.1, -0.05) is 29.8 Å². The van der Waals surface area contributed by atoms with E-state index in [9.17, 15) is 4.79 Å². The summed E-state index contributed by atoms with van der Waals surface area (Å²) < 4.78 is 13.9. The number of fused-ring (bicyclic) bond motifs is 1. The van der Waals surface area contributed by atoms with Gasteiger partial charge < -0.3 is 19.0 Å². The molecule has 4 rings (SSSR count).